The molecule has 0 radical (unpaired) electrons. The minimum atomic E-state index is -0.920. The van der Waals surface area contributed by atoms with Gasteiger partial charge in [-0.05, 0) is 18.9 Å². The molecule has 0 unspecified atom stereocenters. The van der Waals surface area contributed by atoms with Crippen LogP contribution in [0, 0.1) is 17.1 Å². The van der Waals surface area contributed by atoms with Crippen LogP contribution in [0.1, 0.15) is 49.9 Å². The van der Waals surface area contributed by atoms with Gasteiger partial charge >= 0.3 is 0 Å². The largest absolute Gasteiger partial charge is 0.334 e. The van der Waals surface area contributed by atoms with Crippen LogP contribution in [-0.2, 0) is 0 Å². The third-order valence-corrected chi connectivity index (χ3v) is 2.94. The highest BCUT2D eigenvalue weighted by molar-refractivity contribution is 5.95. The minimum absolute atomic E-state index is 0.0816. The van der Waals surface area contributed by atoms with Crippen molar-refractivity contribution in [2.45, 2.75) is 45.1 Å². The first-order valence-electron chi connectivity index (χ1n) is 6.42. The Hall–Kier alpha value is -1.96. The number of hydrogen-bond acceptors (Lipinski definition) is 3. The molecule has 0 bridgehead atoms. The van der Waals surface area contributed by atoms with Crippen molar-refractivity contribution in [1.29, 1.82) is 5.26 Å². The van der Waals surface area contributed by atoms with Crippen molar-refractivity contribution in [2.24, 2.45) is 0 Å². The topological polar surface area (TPSA) is 65.8 Å². The minimum Gasteiger partial charge on any atom is -0.334 e. The van der Waals surface area contributed by atoms with E-state index in [-0.39, 0.29) is 5.56 Å². The van der Waals surface area contributed by atoms with Crippen molar-refractivity contribution in [3.8, 4) is 6.07 Å². The molecule has 1 amide bonds. The van der Waals surface area contributed by atoms with Gasteiger partial charge in [0.2, 0.25) is 0 Å². The van der Waals surface area contributed by atoms with Gasteiger partial charge in [0, 0.05) is 6.20 Å². The molecule has 0 atom stereocenters. The van der Waals surface area contributed by atoms with E-state index in [1.807, 2.05) is 13.8 Å². The molecular formula is C14H18FN3O. The summed E-state index contributed by atoms with van der Waals surface area (Å²) in [6.07, 6.45) is 4.99. The van der Waals surface area contributed by atoms with E-state index < -0.39 is 17.3 Å². The molecule has 4 nitrogen and oxygen atoms in total. The predicted molar refractivity (Wildman–Crippen MR) is 69.8 cm³/mol. The summed E-state index contributed by atoms with van der Waals surface area (Å²) in [6.45, 7) is 3.89. The second kappa shape index (κ2) is 6.83. The molecule has 1 heterocycles. The SMILES string of the molecule is CCCC(C#N)(CCC)NC(=O)c1ccncc1F. The first-order valence-corrected chi connectivity index (χ1v) is 6.42. The average Bonchev–Trinajstić information content (AvgIpc) is 2.39. The average molecular weight is 263 g/mol. The maximum Gasteiger partial charge on any atom is 0.255 e. The van der Waals surface area contributed by atoms with Crippen molar-refractivity contribution in [2.75, 3.05) is 0 Å². The highest BCUT2D eigenvalue weighted by Crippen LogP contribution is 2.20. The summed E-state index contributed by atoms with van der Waals surface area (Å²) in [7, 11) is 0. The van der Waals surface area contributed by atoms with Crippen molar-refractivity contribution in [3.63, 3.8) is 0 Å². The smallest absolute Gasteiger partial charge is 0.255 e. The summed E-state index contributed by atoms with van der Waals surface area (Å²) in [6, 6.07) is 3.48. The molecule has 0 aliphatic rings. The highest BCUT2D eigenvalue weighted by Gasteiger charge is 2.31. The Bertz CT molecular complexity index is 476. The zero-order valence-corrected chi connectivity index (χ0v) is 11.2. The van der Waals surface area contributed by atoms with E-state index in [1.54, 1.807) is 0 Å². The van der Waals surface area contributed by atoms with E-state index in [0.717, 1.165) is 19.0 Å². The molecule has 0 aliphatic carbocycles. The van der Waals surface area contributed by atoms with Gasteiger partial charge < -0.3 is 5.32 Å². The predicted octanol–water partition coefficient (Wildman–Crippen LogP) is 2.81. The number of aromatic nitrogens is 1. The Balaban J connectivity index is 2.94. The summed E-state index contributed by atoms with van der Waals surface area (Å²) < 4.78 is 13.5. The van der Waals surface area contributed by atoms with Gasteiger partial charge in [0.05, 0.1) is 17.8 Å². The van der Waals surface area contributed by atoms with E-state index in [9.17, 15) is 14.4 Å². The molecule has 5 heteroatoms. The lowest BCUT2D eigenvalue weighted by Crippen LogP contribution is -2.47. The summed E-state index contributed by atoms with van der Waals surface area (Å²) in [5, 5.41) is 12.0. The van der Waals surface area contributed by atoms with Crippen LogP contribution in [0.3, 0.4) is 0 Å². The number of nitrogens with one attached hydrogen (secondary N) is 1. The Morgan fingerprint density at radius 1 is 1.47 bits per heavy atom. The molecule has 0 saturated carbocycles. The fraction of sp³-hybridized carbons (Fsp3) is 0.500. The maximum absolute atomic E-state index is 13.5. The van der Waals surface area contributed by atoms with Crippen molar-refractivity contribution in [1.82, 2.24) is 10.3 Å². The molecule has 1 aromatic heterocycles. The summed E-state index contributed by atoms with van der Waals surface area (Å²) in [5.74, 6) is -1.25. The molecule has 102 valence electrons. The van der Waals surface area contributed by atoms with E-state index in [4.69, 9.17) is 0 Å². The normalized spacial score (nSPS) is 10.8. The molecule has 1 rings (SSSR count). The van der Waals surface area contributed by atoms with E-state index in [0.29, 0.717) is 12.8 Å². The van der Waals surface area contributed by atoms with Crippen LogP contribution in [0.2, 0.25) is 0 Å². The first kappa shape index (κ1) is 15.1. The number of carbonyl (C=O) groups is 1. The van der Waals surface area contributed by atoms with E-state index in [2.05, 4.69) is 16.4 Å². The zero-order valence-electron chi connectivity index (χ0n) is 11.2. The monoisotopic (exact) mass is 263 g/mol. The third kappa shape index (κ3) is 3.75. The van der Waals surface area contributed by atoms with Gasteiger partial charge in [0.25, 0.3) is 5.91 Å². The fourth-order valence-corrected chi connectivity index (χ4v) is 2.09. The number of nitriles is 1. The fourth-order valence-electron chi connectivity index (χ4n) is 2.09. The molecular weight excluding hydrogens is 245 g/mol. The number of nitrogens with zero attached hydrogens (tertiary/aromatic N) is 2. The van der Waals surface area contributed by atoms with Crippen LogP contribution in [0.5, 0.6) is 0 Å². The summed E-state index contributed by atoms with van der Waals surface area (Å²) in [4.78, 5) is 15.7. The van der Waals surface area contributed by atoms with Crippen molar-refractivity contribution >= 4 is 5.91 Å². The van der Waals surface area contributed by atoms with Gasteiger partial charge in [-0.3, -0.25) is 9.78 Å². The van der Waals surface area contributed by atoms with Crippen LogP contribution >= 0.6 is 0 Å². The van der Waals surface area contributed by atoms with Crippen LogP contribution in [0.25, 0.3) is 0 Å². The number of rotatable bonds is 6. The number of halogens is 1. The lowest BCUT2D eigenvalue weighted by atomic mass is 9.90. The Morgan fingerprint density at radius 3 is 2.58 bits per heavy atom. The molecule has 1 N–H and O–H groups in total. The van der Waals surface area contributed by atoms with Gasteiger partial charge in [-0.15, -0.1) is 0 Å². The molecule has 0 saturated heterocycles. The lowest BCUT2D eigenvalue weighted by Gasteiger charge is -2.27. The number of hydrogen-bond donors (Lipinski definition) is 1. The van der Waals surface area contributed by atoms with E-state index >= 15 is 0 Å². The van der Waals surface area contributed by atoms with Gasteiger partial charge in [-0.25, -0.2) is 4.39 Å². The summed E-state index contributed by atoms with van der Waals surface area (Å²) in [5.41, 5.74) is -1.00. The van der Waals surface area contributed by atoms with Crippen molar-refractivity contribution < 1.29 is 9.18 Å². The second-order valence-corrected chi connectivity index (χ2v) is 4.50. The lowest BCUT2D eigenvalue weighted by molar-refractivity contribution is 0.0907. The van der Waals surface area contributed by atoms with Crippen LogP contribution in [-0.4, -0.2) is 16.4 Å². The Kier molecular flexibility index (Phi) is 5.43. The van der Waals surface area contributed by atoms with E-state index in [1.165, 1.54) is 12.3 Å². The van der Waals surface area contributed by atoms with Gasteiger partial charge in [0.15, 0.2) is 5.82 Å². The zero-order chi connectivity index (χ0) is 14.3. The molecule has 0 spiro atoms. The third-order valence-electron chi connectivity index (χ3n) is 2.94. The van der Waals surface area contributed by atoms with Crippen molar-refractivity contribution in [3.05, 3.63) is 29.8 Å². The number of carbonyl (C=O) groups excluding carboxylic acids is 1. The Labute approximate surface area is 112 Å². The highest BCUT2D eigenvalue weighted by atomic mass is 19.1. The molecule has 0 aliphatic heterocycles. The Morgan fingerprint density at radius 2 is 2.11 bits per heavy atom. The molecule has 0 aromatic carbocycles. The van der Waals surface area contributed by atoms with Gasteiger partial charge in [0.1, 0.15) is 5.54 Å². The van der Waals surface area contributed by atoms with Crippen LogP contribution < -0.4 is 5.32 Å². The van der Waals surface area contributed by atoms with Crippen LogP contribution in [0.15, 0.2) is 18.5 Å². The molecule has 0 fully saturated rings. The summed E-state index contributed by atoms with van der Waals surface area (Å²) >= 11 is 0. The maximum atomic E-state index is 13.5. The van der Waals surface area contributed by atoms with Crippen LogP contribution in [0.4, 0.5) is 4.39 Å². The standard InChI is InChI=1S/C14H18FN3O/c1-3-6-14(10-16,7-4-2)18-13(19)11-5-8-17-9-12(11)15/h5,8-9H,3-4,6-7H2,1-2H3,(H,18,19). The number of pyridine rings is 1. The number of amides is 1. The van der Waals surface area contributed by atoms with Gasteiger partial charge in [-0.2, -0.15) is 5.26 Å². The quantitative estimate of drug-likeness (QED) is 0.858. The first-order chi connectivity index (χ1) is 9.08. The van der Waals surface area contributed by atoms with Gasteiger partial charge in [-0.1, -0.05) is 26.7 Å². The molecule has 1 aromatic rings. The second-order valence-electron chi connectivity index (χ2n) is 4.50. The molecule has 19 heavy (non-hydrogen) atoms.